The predicted molar refractivity (Wildman–Crippen MR) is 118 cm³/mol. The van der Waals surface area contributed by atoms with E-state index in [1.54, 1.807) is 30.3 Å². The fourth-order valence-electron chi connectivity index (χ4n) is 2.50. The summed E-state index contributed by atoms with van der Waals surface area (Å²) in [5, 5.41) is 5.97. The normalized spacial score (nSPS) is 10.2. The number of carbonyl (C=O) groups is 3. The van der Waals surface area contributed by atoms with Crippen LogP contribution in [0.3, 0.4) is 0 Å². The van der Waals surface area contributed by atoms with E-state index < -0.39 is 18.5 Å². The summed E-state index contributed by atoms with van der Waals surface area (Å²) in [6, 6.07) is 9.62. The van der Waals surface area contributed by atoms with Gasteiger partial charge < -0.3 is 24.8 Å². The molecule has 0 bridgehead atoms. The first-order valence-corrected chi connectivity index (χ1v) is 10.0. The van der Waals surface area contributed by atoms with Crippen molar-refractivity contribution in [2.45, 2.75) is 19.3 Å². The lowest BCUT2D eigenvalue weighted by Gasteiger charge is -2.11. The molecule has 0 aromatic heterocycles. The van der Waals surface area contributed by atoms with Gasteiger partial charge in [-0.1, -0.05) is 23.2 Å². The zero-order chi connectivity index (χ0) is 22.8. The Morgan fingerprint density at radius 3 is 2.32 bits per heavy atom. The molecule has 0 atom stereocenters. The van der Waals surface area contributed by atoms with E-state index in [0.717, 1.165) is 0 Å². The first kappa shape index (κ1) is 24.3. The lowest BCUT2D eigenvalue weighted by Crippen LogP contribution is -2.21. The maximum absolute atomic E-state index is 12.0. The number of anilines is 2. The Morgan fingerprint density at radius 1 is 0.871 bits per heavy atom. The Labute approximate surface area is 189 Å². The number of amides is 2. The number of carbonyl (C=O) groups excluding carboxylic acids is 3. The largest absolute Gasteiger partial charge is 0.497 e. The number of methoxy groups -OCH3 is 2. The van der Waals surface area contributed by atoms with Crippen molar-refractivity contribution in [3.8, 4) is 11.5 Å². The molecule has 2 N–H and O–H groups in total. The summed E-state index contributed by atoms with van der Waals surface area (Å²) in [4.78, 5) is 35.8. The van der Waals surface area contributed by atoms with Gasteiger partial charge >= 0.3 is 5.97 Å². The van der Waals surface area contributed by atoms with Crippen molar-refractivity contribution in [2.75, 3.05) is 31.5 Å². The van der Waals surface area contributed by atoms with Crippen molar-refractivity contribution in [1.29, 1.82) is 0 Å². The Bertz CT molecular complexity index is 951. The van der Waals surface area contributed by atoms with Crippen LogP contribution in [0.25, 0.3) is 0 Å². The van der Waals surface area contributed by atoms with Gasteiger partial charge in [0.1, 0.15) is 11.5 Å². The van der Waals surface area contributed by atoms with Crippen LogP contribution in [0.5, 0.6) is 11.5 Å². The summed E-state index contributed by atoms with van der Waals surface area (Å²) in [5.41, 5.74) is 0.927. The van der Waals surface area contributed by atoms with E-state index in [9.17, 15) is 14.4 Å². The van der Waals surface area contributed by atoms with Crippen molar-refractivity contribution in [3.05, 3.63) is 46.4 Å². The number of nitrogens with one attached hydrogen (secondary N) is 2. The highest BCUT2D eigenvalue weighted by Gasteiger charge is 2.12. The Morgan fingerprint density at radius 2 is 1.65 bits per heavy atom. The first-order chi connectivity index (χ1) is 14.8. The monoisotopic (exact) mass is 468 g/mol. The molecule has 0 heterocycles. The van der Waals surface area contributed by atoms with Crippen LogP contribution in [0.15, 0.2) is 36.4 Å². The highest BCUT2D eigenvalue weighted by molar-refractivity contribution is 6.42. The van der Waals surface area contributed by atoms with Gasteiger partial charge in [0.2, 0.25) is 5.91 Å². The fourth-order valence-corrected chi connectivity index (χ4v) is 2.80. The van der Waals surface area contributed by atoms with Crippen LogP contribution in [0.1, 0.15) is 19.3 Å². The van der Waals surface area contributed by atoms with Gasteiger partial charge in [0.25, 0.3) is 5.91 Å². The molecule has 0 aliphatic heterocycles. The maximum Gasteiger partial charge on any atom is 0.306 e. The lowest BCUT2D eigenvalue weighted by atomic mass is 10.2. The Hall–Kier alpha value is -2.97. The highest BCUT2D eigenvalue weighted by Crippen LogP contribution is 2.29. The summed E-state index contributed by atoms with van der Waals surface area (Å²) < 4.78 is 15.2. The second-order valence-electron chi connectivity index (χ2n) is 6.31. The molecule has 31 heavy (non-hydrogen) atoms. The lowest BCUT2D eigenvalue weighted by molar-refractivity contribution is -0.147. The molecule has 2 aromatic rings. The summed E-state index contributed by atoms with van der Waals surface area (Å²) in [6.45, 7) is -0.455. The number of benzene rings is 2. The third-order valence-corrected chi connectivity index (χ3v) is 4.77. The van der Waals surface area contributed by atoms with Crippen LogP contribution >= 0.6 is 23.2 Å². The van der Waals surface area contributed by atoms with Gasteiger partial charge in [0, 0.05) is 24.6 Å². The molecule has 0 radical (unpaired) electrons. The van der Waals surface area contributed by atoms with Crippen LogP contribution < -0.4 is 20.1 Å². The topological polar surface area (TPSA) is 103 Å². The van der Waals surface area contributed by atoms with Crippen LogP contribution in [-0.2, 0) is 19.1 Å². The molecule has 2 aromatic carbocycles. The quantitative estimate of drug-likeness (QED) is 0.503. The number of hydrogen-bond donors (Lipinski definition) is 2. The van der Waals surface area contributed by atoms with Gasteiger partial charge in [-0.05, 0) is 36.8 Å². The minimum absolute atomic E-state index is 0.00602. The standard InChI is InChI=1S/C21H22Cl2N2O6/c1-29-14-7-9-17(18(11-14)30-2)25-20(27)12-31-21(28)5-3-4-19(26)24-13-6-8-15(22)16(23)10-13/h6-11H,3-5,12H2,1-2H3,(H,24,26)(H,25,27). The molecule has 0 aliphatic rings. The molecule has 10 heteroatoms. The number of hydrogen-bond acceptors (Lipinski definition) is 6. The van der Waals surface area contributed by atoms with E-state index in [-0.39, 0.29) is 25.2 Å². The van der Waals surface area contributed by atoms with Crippen molar-refractivity contribution in [2.24, 2.45) is 0 Å². The van der Waals surface area contributed by atoms with E-state index >= 15 is 0 Å². The molecule has 166 valence electrons. The van der Waals surface area contributed by atoms with Gasteiger partial charge in [0.15, 0.2) is 6.61 Å². The van der Waals surface area contributed by atoms with Gasteiger partial charge in [-0.2, -0.15) is 0 Å². The minimum atomic E-state index is -0.584. The third kappa shape index (κ3) is 7.99. The molecule has 0 saturated carbocycles. The number of esters is 1. The van der Waals surface area contributed by atoms with Gasteiger partial charge in [-0.25, -0.2) is 0 Å². The van der Waals surface area contributed by atoms with E-state index in [4.69, 9.17) is 37.4 Å². The van der Waals surface area contributed by atoms with Crippen LogP contribution in [0, 0.1) is 0 Å². The zero-order valence-electron chi connectivity index (χ0n) is 17.0. The van der Waals surface area contributed by atoms with Crippen LogP contribution in [0.2, 0.25) is 10.0 Å². The molecule has 0 spiro atoms. The summed E-state index contributed by atoms with van der Waals surface area (Å²) >= 11 is 11.7. The van der Waals surface area contributed by atoms with Crippen LogP contribution in [-0.4, -0.2) is 38.6 Å². The van der Waals surface area contributed by atoms with Crippen molar-refractivity contribution in [3.63, 3.8) is 0 Å². The molecular formula is C21H22Cl2N2O6. The van der Waals surface area contributed by atoms with E-state index in [0.29, 0.717) is 32.9 Å². The maximum atomic E-state index is 12.0. The van der Waals surface area contributed by atoms with Crippen molar-refractivity contribution in [1.82, 2.24) is 0 Å². The molecule has 0 aliphatic carbocycles. The van der Waals surface area contributed by atoms with E-state index in [1.165, 1.54) is 20.3 Å². The molecule has 0 unspecified atom stereocenters. The summed E-state index contributed by atoms with van der Waals surface area (Å²) in [7, 11) is 2.98. The van der Waals surface area contributed by atoms with Crippen LogP contribution in [0.4, 0.5) is 11.4 Å². The first-order valence-electron chi connectivity index (χ1n) is 9.24. The summed E-state index contributed by atoms with van der Waals surface area (Å²) in [6.07, 6.45) is 0.360. The second-order valence-corrected chi connectivity index (χ2v) is 7.12. The predicted octanol–water partition coefficient (Wildman–Crippen LogP) is 4.30. The highest BCUT2D eigenvalue weighted by atomic mass is 35.5. The molecule has 0 fully saturated rings. The van der Waals surface area contributed by atoms with E-state index in [1.807, 2.05) is 0 Å². The fraction of sp³-hybridized carbons (Fsp3) is 0.286. The second kappa shape index (κ2) is 12.0. The zero-order valence-corrected chi connectivity index (χ0v) is 18.5. The molecule has 8 nitrogen and oxygen atoms in total. The van der Waals surface area contributed by atoms with Crippen molar-refractivity contribution >= 4 is 52.4 Å². The van der Waals surface area contributed by atoms with Gasteiger partial charge in [-0.3, -0.25) is 14.4 Å². The molecule has 2 rings (SSSR count). The van der Waals surface area contributed by atoms with Gasteiger partial charge in [-0.15, -0.1) is 0 Å². The number of ether oxygens (including phenoxy) is 3. The Balaban J connectivity index is 1.70. The average Bonchev–Trinajstić information content (AvgIpc) is 2.75. The number of rotatable bonds is 10. The smallest absolute Gasteiger partial charge is 0.306 e. The average molecular weight is 469 g/mol. The van der Waals surface area contributed by atoms with Crippen molar-refractivity contribution < 1.29 is 28.6 Å². The third-order valence-electron chi connectivity index (χ3n) is 4.04. The van der Waals surface area contributed by atoms with Gasteiger partial charge in [0.05, 0.1) is 30.0 Å². The molecule has 0 saturated heterocycles. The molecular weight excluding hydrogens is 447 g/mol. The molecule has 2 amide bonds. The Kier molecular flexibility index (Phi) is 9.42. The van der Waals surface area contributed by atoms with E-state index in [2.05, 4.69) is 10.6 Å². The number of halogens is 2. The SMILES string of the molecule is COc1ccc(NC(=O)COC(=O)CCCC(=O)Nc2ccc(Cl)c(Cl)c2)c(OC)c1. The minimum Gasteiger partial charge on any atom is -0.497 e. The summed E-state index contributed by atoms with van der Waals surface area (Å²) in [5.74, 6) is -0.402.